The number of nitrogens with zero attached hydrogens (tertiary/aromatic N) is 1. The van der Waals surface area contributed by atoms with Crippen molar-refractivity contribution in [3.8, 4) is 5.75 Å². The zero-order chi connectivity index (χ0) is 15.1. The summed E-state index contributed by atoms with van der Waals surface area (Å²) < 4.78 is 5.15. The molecule has 1 aromatic rings. The topological polar surface area (TPSA) is 41.6 Å². The number of methoxy groups -OCH3 is 1. The molecule has 0 aromatic heterocycles. The van der Waals surface area contributed by atoms with Crippen LogP contribution in [0.1, 0.15) is 17.5 Å². The van der Waals surface area contributed by atoms with Crippen molar-refractivity contribution in [3.05, 3.63) is 28.3 Å². The Labute approximate surface area is 126 Å². The molecule has 0 bridgehead atoms. The zero-order valence-corrected chi connectivity index (χ0v) is 13.4. The summed E-state index contributed by atoms with van der Waals surface area (Å²) in [6, 6.07) is 3.66. The van der Waals surface area contributed by atoms with Crippen molar-refractivity contribution in [2.45, 2.75) is 19.8 Å². The molecule has 0 aliphatic rings. The van der Waals surface area contributed by atoms with Crippen LogP contribution in [0.25, 0.3) is 0 Å². The number of halogens is 1. The normalized spacial score (nSPS) is 10.7. The predicted molar refractivity (Wildman–Crippen MR) is 82.6 cm³/mol. The van der Waals surface area contributed by atoms with Gasteiger partial charge in [-0.3, -0.25) is 4.79 Å². The third-order valence-corrected chi connectivity index (χ3v) is 3.36. The summed E-state index contributed by atoms with van der Waals surface area (Å²) in [4.78, 5) is 14.0. The van der Waals surface area contributed by atoms with Gasteiger partial charge < -0.3 is 15.0 Å². The van der Waals surface area contributed by atoms with Crippen LogP contribution in [0, 0.1) is 6.92 Å². The summed E-state index contributed by atoms with van der Waals surface area (Å²) in [6.45, 7) is 3.61. The van der Waals surface area contributed by atoms with Crippen molar-refractivity contribution in [2.75, 3.05) is 34.3 Å². The highest BCUT2D eigenvalue weighted by molar-refractivity contribution is 6.32. The molecule has 4 nitrogen and oxygen atoms in total. The van der Waals surface area contributed by atoms with Crippen LogP contribution in [0.15, 0.2) is 12.1 Å². The second-order valence-corrected chi connectivity index (χ2v) is 5.50. The fourth-order valence-corrected chi connectivity index (χ4v) is 2.17. The number of ether oxygens (including phenoxy) is 1. The van der Waals surface area contributed by atoms with Gasteiger partial charge in [0.15, 0.2) is 0 Å². The smallest absolute Gasteiger partial charge is 0.224 e. The number of hydrogen-bond donors (Lipinski definition) is 1. The summed E-state index contributed by atoms with van der Waals surface area (Å²) in [7, 11) is 5.62. The monoisotopic (exact) mass is 298 g/mol. The van der Waals surface area contributed by atoms with E-state index in [1.807, 2.05) is 27.1 Å². The molecule has 1 amide bonds. The molecule has 1 rings (SSSR count). The summed E-state index contributed by atoms with van der Waals surface area (Å²) >= 11 is 6.08. The van der Waals surface area contributed by atoms with Gasteiger partial charge in [0, 0.05) is 6.54 Å². The third-order valence-electron chi connectivity index (χ3n) is 3.07. The molecule has 0 saturated heterocycles. The number of carbonyl (C=O) groups is 1. The van der Waals surface area contributed by atoms with Gasteiger partial charge in [-0.1, -0.05) is 11.6 Å². The van der Waals surface area contributed by atoms with Crippen LogP contribution in [0.3, 0.4) is 0 Å². The summed E-state index contributed by atoms with van der Waals surface area (Å²) in [6.07, 6.45) is 1.29. The van der Waals surface area contributed by atoms with E-state index in [9.17, 15) is 4.79 Å². The van der Waals surface area contributed by atoms with E-state index in [2.05, 4.69) is 10.2 Å². The predicted octanol–water partition coefficient (Wildman–Crippen LogP) is 2.27. The summed E-state index contributed by atoms with van der Waals surface area (Å²) in [5, 5.41) is 3.46. The van der Waals surface area contributed by atoms with Crippen LogP contribution in [-0.2, 0) is 11.2 Å². The SMILES string of the molecule is COc1cc(C)c(CC(=O)NCCCN(C)C)cc1Cl. The van der Waals surface area contributed by atoms with Gasteiger partial charge in [0.1, 0.15) is 5.75 Å². The van der Waals surface area contributed by atoms with Gasteiger partial charge in [0.25, 0.3) is 0 Å². The molecule has 0 radical (unpaired) electrons. The largest absolute Gasteiger partial charge is 0.495 e. The lowest BCUT2D eigenvalue weighted by atomic mass is 10.0. The lowest BCUT2D eigenvalue weighted by Crippen LogP contribution is -2.28. The fourth-order valence-electron chi connectivity index (χ4n) is 1.90. The van der Waals surface area contributed by atoms with Crippen LogP contribution in [0.4, 0.5) is 0 Å². The maximum absolute atomic E-state index is 11.9. The van der Waals surface area contributed by atoms with E-state index in [0.29, 0.717) is 23.7 Å². The molecule has 5 heteroatoms. The molecular weight excluding hydrogens is 276 g/mol. The van der Waals surface area contributed by atoms with E-state index in [4.69, 9.17) is 16.3 Å². The molecule has 0 fully saturated rings. The molecule has 0 heterocycles. The number of hydrogen-bond acceptors (Lipinski definition) is 3. The lowest BCUT2D eigenvalue weighted by Gasteiger charge is -2.12. The van der Waals surface area contributed by atoms with E-state index in [1.54, 1.807) is 13.2 Å². The first-order valence-electron chi connectivity index (χ1n) is 6.68. The van der Waals surface area contributed by atoms with Crippen LogP contribution < -0.4 is 10.1 Å². The molecule has 0 aliphatic heterocycles. The first kappa shape index (κ1) is 16.8. The van der Waals surface area contributed by atoms with E-state index in [1.165, 1.54) is 0 Å². The van der Waals surface area contributed by atoms with Gasteiger partial charge in [0.05, 0.1) is 18.6 Å². The Morgan fingerprint density at radius 3 is 2.70 bits per heavy atom. The second-order valence-electron chi connectivity index (χ2n) is 5.10. The highest BCUT2D eigenvalue weighted by atomic mass is 35.5. The van der Waals surface area contributed by atoms with Crippen LogP contribution >= 0.6 is 11.6 Å². The summed E-state index contributed by atoms with van der Waals surface area (Å²) in [5.41, 5.74) is 1.94. The van der Waals surface area contributed by atoms with Gasteiger partial charge in [-0.15, -0.1) is 0 Å². The Bertz CT molecular complexity index is 461. The van der Waals surface area contributed by atoms with Crippen molar-refractivity contribution in [3.63, 3.8) is 0 Å². The maximum Gasteiger partial charge on any atom is 0.224 e. The maximum atomic E-state index is 11.9. The van der Waals surface area contributed by atoms with E-state index < -0.39 is 0 Å². The molecular formula is C15H23ClN2O2. The van der Waals surface area contributed by atoms with E-state index in [0.717, 1.165) is 24.1 Å². The second kappa shape index (κ2) is 8.12. The van der Waals surface area contributed by atoms with Gasteiger partial charge in [-0.05, 0) is 57.2 Å². The number of aryl methyl sites for hydroxylation is 1. The molecule has 112 valence electrons. The number of amides is 1. The molecule has 1 N–H and O–H groups in total. The molecule has 20 heavy (non-hydrogen) atoms. The van der Waals surface area contributed by atoms with Gasteiger partial charge >= 0.3 is 0 Å². The van der Waals surface area contributed by atoms with Gasteiger partial charge in [0.2, 0.25) is 5.91 Å². The average Bonchev–Trinajstić information content (AvgIpc) is 2.38. The quantitative estimate of drug-likeness (QED) is 0.785. The number of rotatable bonds is 7. The zero-order valence-electron chi connectivity index (χ0n) is 12.6. The Morgan fingerprint density at radius 1 is 1.40 bits per heavy atom. The van der Waals surface area contributed by atoms with Gasteiger partial charge in [-0.25, -0.2) is 0 Å². The third kappa shape index (κ3) is 5.39. The van der Waals surface area contributed by atoms with E-state index in [-0.39, 0.29) is 5.91 Å². The minimum absolute atomic E-state index is 0.0214. The molecule has 0 aliphatic carbocycles. The highest BCUT2D eigenvalue weighted by Crippen LogP contribution is 2.27. The first-order chi connectivity index (χ1) is 9.43. The molecule has 0 spiro atoms. The van der Waals surface area contributed by atoms with Gasteiger partial charge in [-0.2, -0.15) is 0 Å². The minimum Gasteiger partial charge on any atom is -0.495 e. The minimum atomic E-state index is 0.0214. The molecule has 1 aromatic carbocycles. The Morgan fingerprint density at radius 2 is 2.10 bits per heavy atom. The highest BCUT2D eigenvalue weighted by Gasteiger charge is 2.10. The number of benzene rings is 1. The fraction of sp³-hybridized carbons (Fsp3) is 0.533. The van der Waals surface area contributed by atoms with Crippen molar-refractivity contribution in [1.29, 1.82) is 0 Å². The Balaban J connectivity index is 2.52. The van der Waals surface area contributed by atoms with Crippen LogP contribution in [-0.4, -0.2) is 45.1 Å². The van der Waals surface area contributed by atoms with Crippen LogP contribution in [0.2, 0.25) is 5.02 Å². The summed E-state index contributed by atoms with van der Waals surface area (Å²) in [5.74, 6) is 0.660. The molecule has 0 atom stereocenters. The molecule has 0 saturated carbocycles. The Kier molecular flexibility index (Phi) is 6.82. The molecule has 0 unspecified atom stereocenters. The standard InChI is InChI=1S/C15H23ClN2O2/c1-11-8-14(20-4)13(16)9-12(11)10-15(19)17-6-5-7-18(2)3/h8-9H,5-7,10H2,1-4H3,(H,17,19). The number of carbonyl (C=O) groups excluding carboxylic acids is 1. The number of nitrogens with one attached hydrogen (secondary N) is 1. The first-order valence-corrected chi connectivity index (χ1v) is 7.06. The van der Waals surface area contributed by atoms with Crippen molar-refractivity contribution in [2.24, 2.45) is 0 Å². The van der Waals surface area contributed by atoms with Crippen LogP contribution in [0.5, 0.6) is 5.75 Å². The van der Waals surface area contributed by atoms with Crippen molar-refractivity contribution < 1.29 is 9.53 Å². The average molecular weight is 299 g/mol. The van der Waals surface area contributed by atoms with E-state index >= 15 is 0 Å². The lowest BCUT2D eigenvalue weighted by molar-refractivity contribution is -0.120. The van der Waals surface area contributed by atoms with Crippen molar-refractivity contribution >= 4 is 17.5 Å². The van der Waals surface area contributed by atoms with Crippen molar-refractivity contribution in [1.82, 2.24) is 10.2 Å². The Hall–Kier alpha value is -1.26.